The highest BCUT2D eigenvalue weighted by atomic mass is 16.5. The molecule has 0 aliphatic heterocycles. The van der Waals surface area contributed by atoms with E-state index >= 15 is 0 Å². The number of rotatable bonds is 10. The summed E-state index contributed by atoms with van der Waals surface area (Å²) >= 11 is 0. The number of carbonyl (C=O) groups is 1. The molecule has 0 bridgehead atoms. The van der Waals surface area contributed by atoms with Crippen LogP contribution < -0.4 is 25.2 Å². The van der Waals surface area contributed by atoms with Gasteiger partial charge in [0.05, 0.1) is 26.3 Å². The number of nitrogens with one attached hydrogen (secondary N) is 2. The molecule has 0 atom stereocenters. The lowest BCUT2D eigenvalue weighted by Crippen LogP contribution is -2.17. The number of hydrogen-bond donors (Lipinski definition) is 3. The van der Waals surface area contributed by atoms with Gasteiger partial charge in [-0.2, -0.15) is 0 Å². The molecule has 0 spiro atoms. The quantitative estimate of drug-likeness (QED) is 0.242. The second kappa shape index (κ2) is 10.8. The number of ether oxygens (including phenoxy) is 3. The van der Waals surface area contributed by atoms with Crippen molar-refractivity contribution in [1.82, 2.24) is 15.4 Å². The lowest BCUT2D eigenvalue weighted by Gasteiger charge is -2.14. The van der Waals surface area contributed by atoms with E-state index in [9.17, 15) is 9.59 Å². The van der Waals surface area contributed by atoms with Gasteiger partial charge in [0, 0.05) is 24.1 Å². The van der Waals surface area contributed by atoms with E-state index in [4.69, 9.17) is 19.4 Å². The smallest absolute Gasteiger partial charge is 0.262 e. The highest BCUT2D eigenvalue weighted by Crippen LogP contribution is 2.31. The van der Waals surface area contributed by atoms with Crippen LogP contribution in [0, 0.1) is 13.8 Å². The van der Waals surface area contributed by atoms with Crippen LogP contribution in [0.5, 0.6) is 17.2 Å². The Bertz CT molecular complexity index is 1180. The van der Waals surface area contributed by atoms with Crippen molar-refractivity contribution in [2.75, 3.05) is 20.8 Å². The van der Waals surface area contributed by atoms with E-state index < -0.39 is 0 Å². The minimum atomic E-state index is -0.379. The van der Waals surface area contributed by atoms with Crippen molar-refractivity contribution in [1.29, 1.82) is 0 Å². The molecule has 9 nitrogen and oxygen atoms in total. The van der Waals surface area contributed by atoms with Crippen LogP contribution in [-0.2, 0) is 4.79 Å². The number of H-pyrrole nitrogens is 1. The number of amides is 1. The summed E-state index contributed by atoms with van der Waals surface area (Å²) in [5.74, 6) is 1.81. The zero-order valence-corrected chi connectivity index (χ0v) is 19.3. The van der Waals surface area contributed by atoms with Gasteiger partial charge in [-0.25, -0.2) is 10.5 Å². The van der Waals surface area contributed by atoms with Crippen molar-refractivity contribution in [2.45, 2.75) is 39.5 Å². The molecule has 3 N–H and O–H groups in total. The molecule has 3 aromatic rings. The summed E-state index contributed by atoms with van der Waals surface area (Å²) in [5, 5.41) is 8.87. The molecule has 0 saturated heterocycles. The summed E-state index contributed by atoms with van der Waals surface area (Å²) in [6, 6.07) is 7.21. The van der Waals surface area contributed by atoms with Crippen LogP contribution in [-0.4, -0.2) is 41.9 Å². The number of aromatic nitrogens is 2. The van der Waals surface area contributed by atoms with Gasteiger partial charge in [-0.1, -0.05) is 0 Å². The van der Waals surface area contributed by atoms with Gasteiger partial charge >= 0.3 is 0 Å². The number of carbonyl (C=O) groups excluding carboxylic acids is 1. The van der Waals surface area contributed by atoms with Crippen molar-refractivity contribution >= 4 is 16.8 Å². The van der Waals surface area contributed by atoms with Gasteiger partial charge in [0.25, 0.3) is 5.56 Å². The first-order valence-electron chi connectivity index (χ1n) is 10.7. The van der Waals surface area contributed by atoms with Crippen LogP contribution in [0.25, 0.3) is 22.3 Å². The second-order valence-corrected chi connectivity index (χ2v) is 7.77. The summed E-state index contributed by atoms with van der Waals surface area (Å²) in [6.07, 6.45) is 2.59. The minimum absolute atomic E-state index is 0.290. The average Bonchev–Trinajstić information content (AvgIpc) is 2.81. The number of aromatic amines is 1. The number of benzene rings is 2. The summed E-state index contributed by atoms with van der Waals surface area (Å²) in [4.78, 5) is 31.3. The standard InChI is InChI=1S/C24H29N3O6/c1-14-10-16(11-15(2)22(14)33-9-7-5-6-8-20(28)27-30)23-25-18-12-17(31-3)13-19(32-4)21(18)24(29)26-23/h10-13,30H,5-9H2,1-4H3,(H,27,28)(H,25,26,29). The largest absolute Gasteiger partial charge is 0.497 e. The molecule has 0 aliphatic rings. The third kappa shape index (κ3) is 5.61. The second-order valence-electron chi connectivity index (χ2n) is 7.77. The van der Waals surface area contributed by atoms with Gasteiger partial charge in [-0.05, 0) is 56.4 Å². The first-order chi connectivity index (χ1) is 15.9. The molecule has 3 rings (SSSR count). The number of fused-ring (bicyclic) bond motifs is 1. The normalized spacial score (nSPS) is 10.8. The number of unbranched alkanes of at least 4 members (excludes halogenated alkanes) is 2. The maximum absolute atomic E-state index is 12.8. The van der Waals surface area contributed by atoms with Crippen molar-refractivity contribution in [3.63, 3.8) is 0 Å². The summed E-state index contributed by atoms with van der Waals surface area (Å²) in [5.41, 5.74) is 4.44. The van der Waals surface area contributed by atoms with E-state index in [1.54, 1.807) is 24.7 Å². The van der Waals surface area contributed by atoms with Crippen LogP contribution in [0.2, 0.25) is 0 Å². The van der Waals surface area contributed by atoms with Gasteiger partial charge in [-0.3, -0.25) is 14.8 Å². The molecule has 0 unspecified atom stereocenters. The highest BCUT2D eigenvalue weighted by molar-refractivity contribution is 5.87. The van der Waals surface area contributed by atoms with E-state index in [0.717, 1.165) is 35.3 Å². The Morgan fingerprint density at radius 2 is 1.79 bits per heavy atom. The van der Waals surface area contributed by atoms with Crippen LogP contribution >= 0.6 is 0 Å². The average molecular weight is 456 g/mol. The molecule has 0 saturated carbocycles. The summed E-state index contributed by atoms with van der Waals surface area (Å²) in [6.45, 7) is 4.41. The maximum atomic E-state index is 12.8. The fraction of sp³-hybridized carbons (Fsp3) is 0.375. The fourth-order valence-electron chi connectivity index (χ4n) is 3.74. The van der Waals surface area contributed by atoms with E-state index in [1.165, 1.54) is 7.11 Å². The number of hydrogen-bond acceptors (Lipinski definition) is 7. The van der Waals surface area contributed by atoms with Crippen molar-refractivity contribution < 1.29 is 24.2 Å². The molecule has 0 radical (unpaired) electrons. The fourth-order valence-corrected chi connectivity index (χ4v) is 3.74. The Balaban J connectivity index is 1.80. The van der Waals surface area contributed by atoms with Gasteiger partial charge in [-0.15, -0.1) is 0 Å². The topological polar surface area (TPSA) is 123 Å². The lowest BCUT2D eigenvalue weighted by atomic mass is 10.0. The predicted molar refractivity (Wildman–Crippen MR) is 124 cm³/mol. The number of aryl methyl sites for hydroxylation is 2. The summed E-state index contributed by atoms with van der Waals surface area (Å²) in [7, 11) is 3.05. The third-order valence-electron chi connectivity index (χ3n) is 5.35. The molecule has 9 heteroatoms. The zero-order chi connectivity index (χ0) is 24.0. The van der Waals surface area contributed by atoms with Crippen molar-refractivity contribution in [3.05, 3.63) is 45.7 Å². The third-order valence-corrected chi connectivity index (χ3v) is 5.35. The summed E-state index contributed by atoms with van der Waals surface area (Å²) < 4.78 is 16.6. The molecule has 0 aliphatic carbocycles. The van der Waals surface area contributed by atoms with Gasteiger partial charge < -0.3 is 19.2 Å². The number of hydroxylamine groups is 1. The maximum Gasteiger partial charge on any atom is 0.262 e. The molecule has 1 amide bonds. The Labute approximate surface area is 191 Å². The van der Waals surface area contributed by atoms with E-state index in [2.05, 4.69) is 9.97 Å². The molecular weight excluding hydrogens is 426 g/mol. The molecule has 1 heterocycles. The SMILES string of the molecule is COc1cc(OC)c2c(=O)[nH]c(-c3cc(C)c(OCCCCCC(=O)NO)c(C)c3)nc2c1. The first-order valence-corrected chi connectivity index (χ1v) is 10.7. The molecule has 33 heavy (non-hydrogen) atoms. The lowest BCUT2D eigenvalue weighted by molar-refractivity contribution is -0.129. The van der Waals surface area contributed by atoms with Crippen LogP contribution in [0.4, 0.5) is 0 Å². The monoisotopic (exact) mass is 455 g/mol. The van der Waals surface area contributed by atoms with Gasteiger partial charge in [0.2, 0.25) is 5.91 Å². The Morgan fingerprint density at radius 1 is 1.06 bits per heavy atom. The van der Waals surface area contributed by atoms with Gasteiger partial charge in [0.1, 0.15) is 28.5 Å². The Kier molecular flexibility index (Phi) is 7.89. The molecule has 176 valence electrons. The minimum Gasteiger partial charge on any atom is -0.497 e. The van der Waals surface area contributed by atoms with E-state index in [0.29, 0.717) is 41.3 Å². The Morgan fingerprint density at radius 3 is 2.42 bits per heavy atom. The van der Waals surface area contributed by atoms with Crippen LogP contribution in [0.3, 0.4) is 0 Å². The molecule has 1 aromatic heterocycles. The first kappa shape index (κ1) is 24.1. The van der Waals surface area contributed by atoms with Crippen molar-refractivity contribution in [2.24, 2.45) is 0 Å². The molecule has 0 fully saturated rings. The van der Waals surface area contributed by atoms with E-state index in [1.807, 2.05) is 26.0 Å². The molecule has 2 aromatic carbocycles. The predicted octanol–water partition coefficient (Wildman–Crippen LogP) is 3.67. The molecular formula is C24H29N3O6. The Hall–Kier alpha value is -3.59. The van der Waals surface area contributed by atoms with E-state index in [-0.39, 0.29) is 17.9 Å². The van der Waals surface area contributed by atoms with Crippen LogP contribution in [0.15, 0.2) is 29.1 Å². The van der Waals surface area contributed by atoms with Crippen LogP contribution in [0.1, 0.15) is 36.8 Å². The number of nitrogens with zero attached hydrogens (tertiary/aromatic N) is 1. The zero-order valence-electron chi connectivity index (χ0n) is 19.3. The highest BCUT2D eigenvalue weighted by Gasteiger charge is 2.15. The van der Waals surface area contributed by atoms with Crippen molar-refractivity contribution in [3.8, 4) is 28.6 Å². The number of methoxy groups -OCH3 is 2. The van der Waals surface area contributed by atoms with Gasteiger partial charge in [0.15, 0.2) is 0 Å².